The monoisotopic (exact) mass is 234 g/mol. The topological polar surface area (TPSA) is 67.5 Å². The number of rotatable bonds is 3. The van der Waals surface area contributed by atoms with Crippen molar-refractivity contribution in [2.24, 2.45) is 0 Å². The lowest BCUT2D eigenvalue weighted by atomic mass is 10.1. The summed E-state index contributed by atoms with van der Waals surface area (Å²) in [5.74, 6) is -1.77. The molecule has 0 amide bonds. The SMILES string of the molecule is O=Cc1cc(F)ccc1-c1ccc(C(=O)O)o1. The molecule has 0 spiro atoms. The van der Waals surface area contributed by atoms with Crippen molar-refractivity contribution < 1.29 is 23.5 Å². The van der Waals surface area contributed by atoms with E-state index in [4.69, 9.17) is 9.52 Å². The predicted molar refractivity (Wildman–Crippen MR) is 56.4 cm³/mol. The molecule has 2 rings (SSSR count). The zero-order valence-corrected chi connectivity index (χ0v) is 8.51. The van der Waals surface area contributed by atoms with Crippen molar-refractivity contribution in [3.05, 3.63) is 47.5 Å². The molecule has 0 aliphatic heterocycles. The molecule has 1 heterocycles. The summed E-state index contributed by atoms with van der Waals surface area (Å²) in [7, 11) is 0. The van der Waals surface area contributed by atoms with Gasteiger partial charge in [-0.2, -0.15) is 0 Å². The Balaban J connectivity index is 2.52. The second-order valence-corrected chi connectivity index (χ2v) is 3.32. The van der Waals surface area contributed by atoms with Crippen molar-refractivity contribution in [1.82, 2.24) is 0 Å². The minimum Gasteiger partial charge on any atom is -0.475 e. The lowest BCUT2D eigenvalue weighted by Crippen LogP contribution is -1.92. The van der Waals surface area contributed by atoms with Gasteiger partial charge in [0.1, 0.15) is 11.6 Å². The van der Waals surface area contributed by atoms with Crippen LogP contribution in [0.25, 0.3) is 11.3 Å². The van der Waals surface area contributed by atoms with Gasteiger partial charge in [0.25, 0.3) is 0 Å². The van der Waals surface area contributed by atoms with E-state index in [0.717, 1.165) is 6.07 Å². The molecule has 0 unspecified atom stereocenters. The number of carboxylic acid groups (broad SMARTS) is 1. The van der Waals surface area contributed by atoms with Crippen molar-refractivity contribution in [2.45, 2.75) is 0 Å². The molecule has 0 fully saturated rings. The molecule has 0 bridgehead atoms. The largest absolute Gasteiger partial charge is 0.475 e. The summed E-state index contributed by atoms with van der Waals surface area (Å²) in [6, 6.07) is 6.29. The van der Waals surface area contributed by atoms with Crippen LogP contribution in [0.5, 0.6) is 0 Å². The van der Waals surface area contributed by atoms with Gasteiger partial charge < -0.3 is 9.52 Å². The Morgan fingerprint density at radius 1 is 1.29 bits per heavy atom. The fraction of sp³-hybridized carbons (Fsp3) is 0. The van der Waals surface area contributed by atoms with Crippen LogP contribution < -0.4 is 0 Å². The van der Waals surface area contributed by atoms with E-state index in [-0.39, 0.29) is 17.1 Å². The fourth-order valence-electron chi connectivity index (χ4n) is 1.45. The molecule has 17 heavy (non-hydrogen) atoms. The van der Waals surface area contributed by atoms with Crippen molar-refractivity contribution in [3.63, 3.8) is 0 Å². The lowest BCUT2D eigenvalue weighted by molar-refractivity contribution is 0.0663. The average Bonchev–Trinajstić information content (AvgIpc) is 2.78. The van der Waals surface area contributed by atoms with Crippen LogP contribution in [0.4, 0.5) is 4.39 Å². The van der Waals surface area contributed by atoms with Crippen molar-refractivity contribution in [1.29, 1.82) is 0 Å². The highest BCUT2D eigenvalue weighted by Crippen LogP contribution is 2.25. The van der Waals surface area contributed by atoms with Gasteiger partial charge in [-0.3, -0.25) is 4.79 Å². The second-order valence-electron chi connectivity index (χ2n) is 3.32. The molecule has 0 aliphatic carbocycles. The number of hydrogen-bond donors (Lipinski definition) is 1. The summed E-state index contributed by atoms with van der Waals surface area (Å²) in [6.45, 7) is 0. The van der Waals surface area contributed by atoms with E-state index < -0.39 is 11.8 Å². The van der Waals surface area contributed by atoms with Gasteiger partial charge >= 0.3 is 5.97 Å². The number of aromatic carboxylic acids is 1. The van der Waals surface area contributed by atoms with Crippen LogP contribution in [0.1, 0.15) is 20.9 Å². The number of aldehydes is 1. The van der Waals surface area contributed by atoms with Crippen molar-refractivity contribution >= 4 is 12.3 Å². The zero-order valence-electron chi connectivity index (χ0n) is 8.51. The van der Waals surface area contributed by atoms with Gasteiger partial charge in [0, 0.05) is 11.1 Å². The molecular weight excluding hydrogens is 227 g/mol. The highest BCUT2D eigenvalue weighted by atomic mass is 19.1. The van der Waals surface area contributed by atoms with Crippen LogP contribution in [0.3, 0.4) is 0 Å². The summed E-state index contributed by atoms with van der Waals surface area (Å²) >= 11 is 0. The zero-order chi connectivity index (χ0) is 12.4. The summed E-state index contributed by atoms with van der Waals surface area (Å²) in [5, 5.41) is 8.69. The molecule has 1 aromatic heterocycles. The lowest BCUT2D eigenvalue weighted by Gasteiger charge is -2.00. The Hall–Kier alpha value is -2.43. The molecule has 0 aliphatic rings. The van der Waals surface area contributed by atoms with E-state index >= 15 is 0 Å². The maximum Gasteiger partial charge on any atom is 0.371 e. The van der Waals surface area contributed by atoms with Gasteiger partial charge in [-0.15, -0.1) is 0 Å². The molecule has 2 aromatic rings. The summed E-state index contributed by atoms with van der Waals surface area (Å²) in [6.07, 6.45) is 0.487. The first-order chi connectivity index (χ1) is 8.11. The maximum absolute atomic E-state index is 12.9. The van der Waals surface area contributed by atoms with Gasteiger partial charge in [-0.1, -0.05) is 0 Å². The Labute approximate surface area is 95.3 Å². The summed E-state index contributed by atoms with van der Waals surface area (Å²) in [5.41, 5.74) is 0.463. The standard InChI is InChI=1S/C12H7FO4/c13-8-1-2-9(7(5-8)6-14)10-3-4-11(17-10)12(15)16/h1-6H,(H,15,16). The molecule has 0 saturated heterocycles. The van der Waals surface area contributed by atoms with E-state index in [2.05, 4.69) is 0 Å². The van der Waals surface area contributed by atoms with Crippen LogP contribution in [0.15, 0.2) is 34.7 Å². The predicted octanol–water partition coefficient (Wildman–Crippen LogP) is 2.60. The minimum atomic E-state index is -1.20. The van der Waals surface area contributed by atoms with Gasteiger partial charge in [0.2, 0.25) is 5.76 Å². The van der Waals surface area contributed by atoms with Gasteiger partial charge in [-0.25, -0.2) is 9.18 Å². The van der Waals surface area contributed by atoms with Gasteiger partial charge in [0.15, 0.2) is 6.29 Å². The molecule has 0 radical (unpaired) electrons. The third-order valence-corrected chi connectivity index (χ3v) is 2.22. The number of halogens is 1. The summed E-state index contributed by atoms with van der Waals surface area (Å²) < 4.78 is 17.9. The third-order valence-electron chi connectivity index (χ3n) is 2.22. The Bertz CT molecular complexity index is 586. The van der Waals surface area contributed by atoms with Crippen LogP contribution in [-0.2, 0) is 0 Å². The van der Waals surface area contributed by atoms with E-state index in [1.54, 1.807) is 0 Å². The normalized spacial score (nSPS) is 10.2. The van der Waals surface area contributed by atoms with Gasteiger partial charge in [-0.05, 0) is 30.3 Å². The fourth-order valence-corrected chi connectivity index (χ4v) is 1.45. The van der Waals surface area contributed by atoms with E-state index in [1.165, 1.54) is 24.3 Å². The molecule has 1 N–H and O–H groups in total. The number of hydrogen-bond acceptors (Lipinski definition) is 3. The molecule has 5 heteroatoms. The number of carboxylic acids is 1. The van der Waals surface area contributed by atoms with Crippen LogP contribution in [0, 0.1) is 5.82 Å². The Kier molecular flexibility index (Phi) is 2.74. The van der Waals surface area contributed by atoms with E-state index in [9.17, 15) is 14.0 Å². The van der Waals surface area contributed by atoms with Crippen molar-refractivity contribution in [2.75, 3.05) is 0 Å². The second kappa shape index (κ2) is 4.21. The molecule has 1 aromatic carbocycles. The van der Waals surface area contributed by atoms with Gasteiger partial charge in [0.05, 0.1) is 0 Å². The highest BCUT2D eigenvalue weighted by molar-refractivity contribution is 5.88. The quantitative estimate of drug-likeness (QED) is 0.829. The highest BCUT2D eigenvalue weighted by Gasteiger charge is 2.13. The molecule has 86 valence electrons. The summed E-state index contributed by atoms with van der Waals surface area (Å²) in [4.78, 5) is 21.4. The number of furan rings is 1. The van der Waals surface area contributed by atoms with Crippen LogP contribution >= 0.6 is 0 Å². The van der Waals surface area contributed by atoms with E-state index in [0.29, 0.717) is 11.8 Å². The first-order valence-corrected chi connectivity index (χ1v) is 4.70. The first kappa shape index (κ1) is 11.1. The van der Waals surface area contributed by atoms with Crippen LogP contribution in [-0.4, -0.2) is 17.4 Å². The molecule has 0 atom stereocenters. The molecular formula is C12H7FO4. The third kappa shape index (κ3) is 2.08. The van der Waals surface area contributed by atoms with Crippen molar-refractivity contribution in [3.8, 4) is 11.3 Å². The first-order valence-electron chi connectivity index (χ1n) is 4.70. The smallest absolute Gasteiger partial charge is 0.371 e. The Morgan fingerprint density at radius 2 is 2.06 bits per heavy atom. The van der Waals surface area contributed by atoms with E-state index in [1.807, 2.05) is 0 Å². The van der Waals surface area contributed by atoms with Crippen LogP contribution in [0.2, 0.25) is 0 Å². The number of carbonyl (C=O) groups excluding carboxylic acids is 1. The average molecular weight is 234 g/mol. The Morgan fingerprint density at radius 3 is 2.65 bits per heavy atom. The number of carbonyl (C=O) groups is 2. The number of benzene rings is 1. The maximum atomic E-state index is 12.9. The molecule has 0 saturated carbocycles. The minimum absolute atomic E-state index is 0.108. The molecule has 4 nitrogen and oxygen atoms in total.